The molecule has 0 spiro atoms. The summed E-state index contributed by atoms with van der Waals surface area (Å²) in [5.74, 6) is 0.128. The van der Waals surface area contributed by atoms with E-state index in [0.29, 0.717) is 23.6 Å². The van der Waals surface area contributed by atoms with Gasteiger partial charge in [-0.25, -0.2) is 9.59 Å². The Morgan fingerprint density at radius 3 is 2.09 bits per heavy atom. The summed E-state index contributed by atoms with van der Waals surface area (Å²) in [7, 11) is 3.00. The Kier molecular flexibility index (Phi) is 6.49. The minimum atomic E-state index is -1.06. The van der Waals surface area contributed by atoms with Crippen LogP contribution in [0.4, 0.5) is 10.5 Å². The average Bonchev–Trinajstić information content (AvgIpc) is 2.45. The quantitative estimate of drug-likeness (QED) is 0.718. The minimum absolute atomic E-state index is 0.151. The van der Waals surface area contributed by atoms with Crippen LogP contribution >= 0.6 is 0 Å². The summed E-state index contributed by atoms with van der Waals surface area (Å²) in [4.78, 5) is 23.1. The van der Waals surface area contributed by atoms with Crippen molar-refractivity contribution >= 4 is 17.7 Å². The number of rotatable bonds is 7. The number of benzene rings is 1. The third-order valence-electron chi connectivity index (χ3n) is 2.92. The Bertz CT molecular complexity index is 508. The van der Waals surface area contributed by atoms with Gasteiger partial charge < -0.3 is 25.2 Å². The lowest BCUT2D eigenvalue weighted by Gasteiger charge is -2.17. The smallest absolute Gasteiger partial charge is 0.326 e. The van der Waals surface area contributed by atoms with Gasteiger partial charge in [0.15, 0.2) is 0 Å². The Labute approximate surface area is 129 Å². The van der Waals surface area contributed by atoms with E-state index in [1.165, 1.54) is 14.2 Å². The fourth-order valence-electron chi connectivity index (χ4n) is 1.90. The number of hydrogen-bond donors (Lipinski definition) is 3. The zero-order chi connectivity index (χ0) is 16.7. The zero-order valence-electron chi connectivity index (χ0n) is 13.2. The molecule has 122 valence electrons. The highest BCUT2D eigenvalue weighted by atomic mass is 16.5. The summed E-state index contributed by atoms with van der Waals surface area (Å²) in [6.45, 7) is 3.78. The summed E-state index contributed by atoms with van der Waals surface area (Å²) in [6.07, 6.45) is 0.351. The molecule has 0 bridgehead atoms. The van der Waals surface area contributed by atoms with Gasteiger partial charge in [-0.2, -0.15) is 0 Å². The summed E-state index contributed by atoms with van der Waals surface area (Å²) >= 11 is 0. The Balaban J connectivity index is 2.77. The van der Waals surface area contributed by atoms with E-state index in [1.807, 2.05) is 13.8 Å². The summed E-state index contributed by atoms with van der Waals surface area (Å²) in [6, 6.07) is 3.36. The molecule has 2 amide bonds. The second kappa shape index (κ2) is 8.11. The number of aliphatic carboxylic acids is 1. The number of carboxylic acid groups (broad SMARTS) is 1. The van der Waals surface area contributed by atoms with Gasteiger partial charge >= 0.3 is 12.0 Å². The molecule has 0 radical (unpaired) electrons. The average molecular weight is 310 g/mol. The van der Waals surface area contributed by atoms with Gasteiger partial charge in [-0.3, -0.25) is 0 Å². The summed E-state index contributed by atoms with van der Waals surface area (Å²) in [5.41, 5.74) is 0.447. The highest BCUT2D eigenvalue weighted by molar-refractivity contribution is 5.92. The van der Waals surface area contributed by atoms with Crippen molar-refractivity contribution in [2.45, 2.75) is 26.3 Å². The lowest BCUT2D eigenvalue weighted by atomic mass is 10.0. The van der Waals surface area contributed by atoms with Crippen molar-refractivity contribution in [3.63, 3.8) is 0 Å². The molecule has 1 aromatic carbocycles. The molecule has 0 aliphatic rings. The van der Waals surface area contributed by atoms with Gasteiger partial charge in [0.05, 0.1) is 14.2 Å². The molecule has 0 fully saturated rings. The number of urea groups is 1. The van der Waals surface area contributed by atoms with E-state index in [9.17, 15) is 9.59 Å². The maximum atomic E-state index is 11.9. The molecule has 1 rings (SSSR count). The molecule has 0 aliphatic carbocycles. The molecule has 1 unspecified atom stereocenters. The number of ether oxygens (including phenoxy) is 2. The van der Waals surface area contributed by atoms with Crippen LogP contribution in [0.2, 0.25) is 0 Å². The lowest BCUT2D eigenvalue weighted by Crippen LogP contribution is -2.43. The fraction of sp³-hybridized carbons (Fsp3) is 0.467. The molecule has 22 heavy (non-hydrogen) atoms. The van der Waals surface area contributed by atoms with E-state index >= 15 is 0 Å². The molecule has 3 N–H and O–H groups in total. The van der Waals surface area contributed by atoms with Gasteiger partial charge in [0.2, 0.25) is 0 Å². The molecule has 0 heterocycles. The molecule has 0 saturated carbocycles. The van der Waals surface area contributed by atoms with Crippen molar-refractivity contribution < 1.29 is 24.2 Å². The number of methoxy groups -OCH3 is 2. The topological polar surface area (TPSA) is 96.9 Å². The standard InChI is InChI=1S/C15H22N2O5/c1-9(2)5-13(14(18)19)17-15(20)16-10-6-11(21-3)8-12(7-10)22-4/h6-9,13H,5H2,1-4H3,(H,18,19)(H2,16,17,20). The maximum Gasteiger partial charge on any atom is 0.326 e. The normalized spacial score (nSPS) is 11.7. The van der Waals surface area contributed by atoms with E-state index in [-0.39, 0.29) is 5.92 Å². The van der Waals surface area contributed by atoms with E-state index in [1.54, 1.807) is 18.2 Å². The lowest BCUT2D eigenvalue weighted by molar-refractivity contribution is -0.139. The zero-order valence-corrected chi connectivity index (χ0v) is 13.2. The highest BCUT2D eigenvalue weighted by Gasteiger charge is 2.21. The Hall–Kier alpha value is -2.44. The van der Waals surface area contributed by atoms with Crippen molar-refractivity contribution in [2.75, 3.05) is 19.5 Å². The largest absolute Gasteiger partial charge is 0.497 e. The van der Waals surface area contributed by atoms with E-state index in [4.69, 9.17) is 14.6 Å². The summed E-state index contributed by atoms with van der Waals surface area (Å²) in [5, 5.41) is 14.1. The molecule has 1 atom stereocenters. The molecule has 1 aromatic rings. The van der Waals surface area contributed by atoms with Gasteiger partial charge in [0.25, 0.3) is 0 Å². The molecule has 0 saturated heterocycles. The highest BCUT2D eigenvalue weighted by Crippen LogP contribution is 2.25. The van der Waals surface area contributed by atoms with E-state index in [2.05, 4.69) is 10.6 Å². The fourth-order valence-corrected chi connectivity index (χ4v) is 1.90. The van der Waals surface area contributed by atoms with Crippen LogP contribution in [0.1, 0.15) is 20.3 Å². The predicted molar refractivity (Wildman–Crippen MR) is 82.6 cm³/mol. The van der Waals surface area contributed by atoms with Crippen molar-refractivity contribution in [3.05, 3.63) is 18.2 Å². The second-order valence-corrected chi connectivity index (χ2v) is 5.22. The first-order chi connectivity index (χ1) is 10.3. The van der Waals surface area contributed by atoms with Gasteiger partial charge in [-0.1, -0.05) is 13.8 Å². The maximum absolute atomic E-state index is 11.9. The second-order valence-electron chi connectivity index (χ2n) is 5.22. The number of anilines is 1. The van der Waals surface area contributed by atoms with Gasteiger partial charge in [-0.15, -0.1) is 0 Å². The third-order valence-corrected chi connectivity index (χ3v) is 2.92. The third kappa shape index (κ3) is 5.51. The van der Waals surface area contributed by atoms with Gasteiger partial charge in [-0.05, 0) is 12.3 Å². The molecular weight excluding hydrogens is 288 g/mol. The first kappa shape index (κ1) is 17.6. The predicted octanol–water partition coefficient (Wildman–Crippen LogP) is 2.32. The van der Waals surface area contributed by atoms with Crippen LogP contribution in [0.3, 0.4) is 0 Å². The minimum Gasteiger partial charge on any atom is -0.497 e. The molecule has 0 aliphatic heterocycles. The van der Waals surface area contributed by atoms with Crippen LogP contribution in [0.25, 0.3) is 0 Å². The molecular formula is C15H22N2O5. The molecule has 7 nitrogen and oxygen atoms in total. The van der Waals surface area contributed by atoms with Crippen molar-refractivity contribution in [3.8, 4) is 11.5 Å². The van der Waals surface area contributed by atoms with Gasteiger partial charge in [0.1, 0.15) is 17.5 Å². The monoisotopic (exact) mass is 310 g/mol. The number of hydrogen-bond acceptors (Lipinski definition) is 4. The Morgan fingerprint density at radius 2 is 1.68 bits per heavy atom. The van der Waals surface area contributed by atoms with Crippen molar-refractivity contribution in [1.82, 2.24) is 5.32 Å². The number of nitrogens with one attached hydrogen (secondary N) is 2. The number of carbonyl (C=O) groups is 2. The van der Waals surface area contributed by atoms with Crippen LogP contribution in [0.5, 0.6) is 11.5 Å². The molecule has 7 heteroatoms. The first-order valence-corrected chi connectivity index (χ1v) is 6.89. The van der Waals surface area contributed by atoms with E-state index in [0.717, 1.165) is 0 Å². The number of carbonyl (C=O) groups excluding carboxylic acids is 1. The van der Waals surface area contributed by atoms with Gasteiger partial charge in [0, 0.05) is 23.9 Å². The van der Waals surface area contributed by atoms with Crippen LogP contribution in [0, 0.1) is 5.92 Å². The van der Waals surface area contributed by atoms with Crippen LogP contribution < -0.4 is 20.1 Å². The van der Waals surface area contributed by atoms with Crippen LogP contribution in [-0.4, -0.2) is 37.4 Å². The Morgan fingerprint density at radius 1 is 1.14 bits per heavy atom. The SMILES string of the molecule is COc1cc(NC(=O)NC(CC(C)C)C(=O)O)cc(OC)c1. The van der Waals surface area contributed by atoms with Crippen LogP contribution in [-0.2, 0) is 4.79 Å². The summed E-state index contributed by atoms with van der Waals surface area (Å²) < 4.78 is 10.2. The van der Waals surface area contributed by atoms with E-state index < -0.39 is 18.0 Å². The van der Waals surface area contributed by atoms with Crippen LogP contribution in [0.15, 0.2) is 18.2 Å². The first-order valence-electron chi connectivity index (χ1n) is 6.89. The number of carboxylic acids is 1. The molecule has 0 aromatic heterocycles. The van der Waals surface area contributed by atoms with Crippen molar-refractivity contribution in [1.29, 1.82) is 0 Å². The number of amides is 2. The van der Waals surface area contributed by atoms with Crippen molar-refractivity contribution in [2.24, 2.45) is 5.92 Å².